The first-order chi connectivity index (χ1) is 13.5. The molecule has 5 atom stereocenters. The molecular formula is C24H38O4. The van der Waals surface area contributed by atoms with Gasteiger partial charge in [0.15, 0.2) is 0 Å². The largest absolute Gasteiger partial charge is 0.481 e. The van der Waals surface area contributed by atoms with Gasteiger partial charge in [0.1, 0.15) is 0 Å². The molecule has 0 aromatic rings. The molecule has 3 aliphatic carbocycles. The number of hydrogen-bond acceptors (Lipinski definition) is 3. The van der Waals surface area contributed by atoms with Crippen LogP contribution < -0.4 is 0 Å². The molecule has 0 amide bonds. The average Bonchev–Trinajstić information content (AvgIpc) is 3.20. The van der Waals surface area contributed by atoms with Crippen molar-refractivity contribution >= 4 is 5.97 Å². The number of carbonyl (C=O) groups is 1. The van der Waals surface area contributed by atoms with Crippen molar-refractivity contribution in [3.8, 4) is 0 Å². The van der Waals surface area contributed by atoms with E-state index in [1.165, 1.54) is 24.8 Å². The van der Waals surface area contributed by atoms with E-state index < -0.39 is 5.97 Å². The third kappa shape index (κ3) is 5.07. The first kappa shape index (κ1) is 21.6. The Balaban J connectivity index is 1.51. The minimum absolute atomic E-state index is 0.0278. The van der Waals surface area contributed by atoms with Crippen LogP contribution in [0.1, 0.15) is 71.1 Å². The number of aliphatic hydroxyl groups is 2. The fourth-order valence-electron chi connectivity index (χ4n) is 6.18. The van der Waals surface area contributed by atoms with Gasteiger partial charge in [-0.15, -0.1) is 0 Å². The van der Waals surface area contributed by atoms with E-state index in [0.29, 0.717) is 17.8 Å². The molecule has 4 heteroatoms. The Hall–Kier alpha value is -1.13. The Morgan fingerprint density at radius 2 is 1.96 bits per heavy atom. The van der Waals surface area contributed by atoms with Crippen molar-refractivity contribution in [1.29, 1.82) is 0 Å². The molecule has 0 aliphatic heterocycles. The van der Waals surface area contributed by atoms with E-state index in [1.807, 2.05) is 6.08 Å². The number of aliphatic carboxylic acids is 1. The fourth-order valence-corrected chi connectivity index (χ4v) is 6.18. The van der Waals surface area contributed by atoms with Crippen molar-refractivity contribution in [2.75, 3.05) is 6.61 Å². The number of aliphatic hydroxyl groups excluding tert-OH is 2. The van der Waals surface area contributed by atoms with Crippen molar-refractivity contribution in [3.05, 3.63) is 23.8 Å². The molecule has 3 rings (SSSR count). The molecule has 0 spiro atoms. The smallest absolute Gasteiger partial charge is 0.306 e. The van der Waals surface area contributed by atoms with Crippen LogP contribution in [0, 0.1) is 35.5 Å². The zero-order valence-corrected chi connectivity index (χ0v) is 17.3. The minimum Gasteiger partial charge on any atom is -0.481 e. The van der Waals surface area contributed by atoms with Crippen molar-refractivity contribution < 1.29 is 20.1 Å². The standard InChI is InChI=1S/C24H38O4/c1-2-16-8-10-18(11-9-16)20(24(27)28)6-3-5-17-13-19-15-23(26)21(7-4-12-25)22(19)14-17/h4-5,7,16,18-23,25-26H,2-3,6,8-15H2,1H3,(H,27,28)/t16?,18?,19-,20?,21-,22+,23-/m1/s1. The predicted molar refractivity (Wildman–Crippen MR) is 111 cm³/mol. The molecule has 0 aromatic carbocycles. The summed E-state index contributed by atoms with van der Waals surface area (Å²) in [6.07, 6.45) is 16.1. The lowest BCUT2D eigenvalue weighted by atomic mass is 9.74. The topological polar surface area (TPSA) is 77.8 Å². The Labute approximate surface area is 169 Å². The van der Waals surface area contributed by atoms with Crippen molar-refractivity contribution in [2.45, 2.75) is 77.2 Å². The molecule has 4 nitrogen and oxygen atoms in total. The van der Waals surface area contributed by atoms with E-state index in [9.17, 15) is 15.0 Å². The highest BCUT2D eigenvalue weighted by atomic mass is 16.4. The van der Waals surface area contributed by atoms with Gasteiger partial charge >= 0.3 is 5.97 Å². The van der Waals surface area contributed by atoms with Gasteiger partial charge < -0.3 is 15.3 Å². The van der Waals surface area contributed by atoms with E-state index in [0.717, 1.165) is 50.9 Å². The van der Waals surface area contributed by atoms with Gasteiger partial charge in [0.05, 0.1) is 18.6 Å². The second-order valence-corrected chi connectivity index (χ2v) is 9.40. The summed E-state index contributed by atoms with van der Waals surface area (Å²) in [4.78, 5) is 11.8. The SMILES string of the molecule is CCC1CCC(C(CCC=C2C[C@@H]3C[C@@H](O)[C@H](C=CCO)[C@H]3C2)C(=O)O)CC1. The van der Waals surface area contributed by atoms with E-state index in [1.54, 1.807) is 6.08 Å². The molecule has 1 unspecified atom stereocenters. The highest BCUT2D eigenvalue weighted by molar-refractivity contribution is 5.70. The van der Waals surface area contributed by atoms with Gasteiger partial charge in [0.2, 0.25) is 0 Å². The lowest BCUT2D eigenvalue weighted by molar-refractivity contribution is -0.144. The lowest BCUT2D eigenvalue weighted by Crippen LogP contribution is -2.27. The Kier molecular flexibility index (Phi) is 7.76. The van der Waals surface area contributed by atoms with Crippen LogP contribution in [-0.2, 0) is 4.79 Å². The highest BCUT2D eigenvalue weighted by Gasteiger charge is 2.44. The molecule has 0 heterocycles. The third-order valence-corrected chi connectivity index (χ3v) is 7.84. The van der Waals surface area contributed by atoms with Gasteiger partial charge in [0.25, 0.3) is 0 Å². The van der Waals surface area contributed by atoms with Crippen LogP contribution in [0.5, 0.6) is 0 Å². The normalized spacial score (nSPS) is 38.2. The third-order valence-electron chi connectivity index (χ3n) is 7.84. The number of fused-ring (bicyclic) bond motifs is 1. The number of rotatable bonds is 8. The molecule has 3 fully saturated rings. The minimum atomic E-state index is -0.612. The van der Waals surface area contributed by atoms with Gasteiger partial charge in [-0.25, -0.2) is 0 Å². The molecule has 28 heavy (non-hydrogen) atoms. The number of carboxylic acid groups (broad SMARTS) is 1. The quantitative estimate of drug-likeness (QED) is 0.531. The summed E-state index contributed by atoms with van der Waals surface area (Å²) in [6.45, 7) is 2.27. The summed E-state index contributed by atoms with van der Waals surface area (Å²) < 4.78 is 0. The van der Waals surface area contributed by atoms with Gasteiger partial charge in [-0.3, -0.25) is 4.79 Å². The first-order valence-corrected chi connectivity index (χ1v) is 11.4. The van der Waals surface area contributed by atoms with Crippen LogP contribution in [0.4, 0.5) is 0 Å². The Morgan fingerprint density at radius 3 is 2.61 bits per heavy atom. The summed E-state index contributed by atoms with van der Waals surface area (Å²) in [5, 5.41) is 29.0. The zero-order valence-electron chi connectivity index (χ0n) is 17.3. The monoisotopic (exact) mass is 390 g/mol. The zero-order chi connectivity index (χ0) is 20.1. The second kappa shape index (κ2) is 10.1. The van der Waals surface area contributed by atoms with Gasteiger partial charge in [-0.2, -0.15) is 0 Å². The molecule has 158 valence electrons. The van der Waals surface area contributed by atoms with Crippen LogP contribution in [-0.4, -0.2) is 34.0 Å². The number of hydrogen-bond donors (Lipinski definition) is 3. The molecule has 0 radical (unpaired) electrons. The van der Waals surface area contributed by atoms with E-state index >= 15 is 0 Å². The van der Waals surface area contributed by atoms with E-state index in [4.69, 9.17) is 5.11 Å². The fraction of sp³-hybridized carbons (Fsp3) is 0.792. The molecule has 3 aliphatic rings. The number of carboxylic acids is 1. The van der Waals surface area contributed by atoms with Crippen LogP contribution in [0.2, 0.25) is 0 Å². The Morgan fingerprint density at radius 1 is 1.21 bits per heavy atom. The maximum Gasteiger partial charge on any atom is 0.306 e. The summed E-state index contributed by atoms with van der Waals surface area (Å²) in [7, 11) is 0. The predicted octanol–water partition coefficient (Wildman–Crippen LogP) is 4.57. The number of allylic oxidation sites excluding steroid dienone is 2. The lowest BCUT2D eigenvalue weighted by Gasteiger charge is -2.31. The molecule has 3 saturated carbocycles. The molecule has 0 saturated heterocycles. The summed E-state index contributed by atoms with van der Waals surface area (Å²) >= 11 is 0. The average molecular weight is 391 g/mol. The maximum atomic E-state index is 11.8. The first-order valence-electron chi connectivity index (χ1n) is 11.4. The van der Waals surface area contributed by atoms with Gasteiger partial charge in [-0.1, -0.05) is 50.0 Å². The van der Waals surface area contributed by atoms with Crippen LogP contribution >= 0.6 is 0 Å². The Bertz CT molecular complexity index is 573. The summed E-state index contributed by atoms with van der Waals surface area (Å²) in [5.74, 6) is 1.51. The van der Waals surface area contributed by atoms with Crippen molar-refractivity contribution in [1.82, 2.24) is 0 Å². The van der Waals surface area contributed by atoms with Crippen LogP contribution in [0.3, 0.4) is 0 Å². The van der Waals surface area contributed by atoms with Gasteiger partial charge in [0, 0.05) is 5.92 Å². The van der Waals surface area contributed by atoms with Crippen molar-refractivity contribution in [3.63, 3.8) is 0 Å². The van der Waals surface area contributed by atoms with Crippen LogP contribution in [0.25, 0.3) is 0 Å². The van der Waals surface area contributed by atoms with Crippen LogP contribution in [0.15, 0.2) is 23.8 Å². The summed E-state index contributed by atoms with van der Waals surface area (Å²) in [6, 6.07) is 0. The second-order valence-electron chi connectivity index (χ2n) is 9.40. The molecule has 3 N–H and O–H groups in total. The van der Waals surface area contributed by atoms with Crippen molar-refractivity contribution in [2.24, 2.45) is 35.5 Å². The molecule has 0 aromatic heterocycles. The highest BCUT2D eigenvalue weighted by Crippen LogP contribution is 2.50. The van der Waals surface area contributed by atoms with E-state index in [-0.39, 0.29) is 24.5 Å². The maximum absolute atomic E-state index is 11.8. The molecular weight excluding hydrogens is 352 g/mol. The summed E-state index contributed by atoms with van der Waals surface area (Å²) in [5.41, 5.74) is 1.45. The van der Waals surface area contributed by atoms with Gasteiger partial charge in [-0.05, 0) is 68.6 Å². The molecule has 0 bridgehead atoms. The van der Waals surface area contributed by atoms with E-state index in [2.05, 4.69) is 13.0 Å².